The molecule has 0 amide bonds. The van der Waals surface area contributed by atoms with E-state index < -0.39 is 0 Å². The van der Waals surface area contributed by atoms with Crippen LogP contribution in [-0.4, -0.2) is 12.1 Å². The molecule has 25 heavy (non-hydrogen) atoms. The molecule has 0 bridgehead atoms. The Morgan fingerprint density at radius 1 is 1.04 bits per heavy atom. The van der Waals surface area contributed by atoms with Crippen LogP contribution in [0.25, 0.3) is 10.9 Å². The first-order valence-electron chi connectivity index (χ1n) is 8.74. The molecule has 0 spiro atoms. The van der Waals surface area contributed by atoms with E-state index in [1.54, 1.807) is 7.11 Å². The van der Waals surface area contributed by atoms with E-state index in [-0.39, 0.29) is 0 Å². The number of fused-ring (bicyclic) bond motifs is 1. The molecular formula is C23H23NO. The van der Waals surface area contributed by atoms with E-state index in [0.717, 1.165) is 47.9 Å². The van der Waals surface area contributed by atoms with E-state index in [1.807, 2.05) is 24.4 Å². The summed E-state index contributed by atoms with van der Waals surface area (Å²) >= 11 is 0. The molecule has 2 nitrogen and oxygen atoms in total. The Balaban J connectivity index is 1.56. The van der Waals surface area contributed by atoms with Crippen molar-refractivity contribution in [3.8, 4) is 17.6 Å². The lowest BCUT2D eigenvalue weighted by Crippen LogP contribution is -1.88. The normalized spacial score (nSPS) is 10.3. The van der Waals surface area contributed by atoms with Crippen LogP contribution in [0.1, 0.15) is 36.0 Å². The predicted molar refractivity (Wildman–Crippen MR) is 104 cm³/mol. The molecule has 1 aromatic heterocycles. The number of ether oxygens (including phenoxy) is 1. The topological polar surface area (TPSA) is 22.1 Å². The number of nitrogens with zero attached hydrogens (tertiary/aromatic N) is 1. The third-order valence-corrected chi connectivity index (χ3v) is 4.35. The summed E-state index contributed by atoms with van der Waals surface area (Å²) in [5.41, 5.74) is 4.64. The minimum absolute atomic E-state index is 0.916. The standard InChI is InChI=1S/C23H23NO/c1-18-14-15-20(22-13-8-16-24-23(18)22)11-6-4-3-5-9-19-10-7-12-21(17-19)25-2/h7-8,10,12-17H,3-5,9H2,1-2H3. The minimum atomic E-state index is 0.916. The Morgan fingerprint density at radius 2 is 1.96 bits per heavy atom. The summed E-state index contributed by atoms with van der Waals surface area (Å²) in [4.78, 5) is 4.47. The van der Waals surface area contributed by atoms with Gasteiger partial charge in [-0.05, 0) is 61.6 Å². The first kappa shape index (κ1) is 17.0. The van der Waals surface area contributed by atoms with Crippen molar-refractivity contribution in [1.29, 1.82) is 0 Å². The van der Waals surface area contributed by atoms with Gasteiger partial charge in [0.25, 0.3) is 0 Å². The molecule has 0 aliphatic carbocycles. The van der Waals surface area contributed by atoms with Gasteiger partial charge < -0.3 is 4.74 Å². The Labute approximate surface area is 149 Å². The van der Waals surface area contributed by atoms with Gasteiger partial charge in [-0.1, -0.05) is 36.1 Å². The van der Waals surface area contributed by atoms with Gasteiger partial charge >= 0.3 is 0 Å². The van der Waals surface area contributed by atoms with E-state index in [2.05, 4.69) is 54.1 Å². The summed E-state index contributed by atoms with van der Waals surface area (Å²) in [7, 11) is 1.71. The van der Waals surface area contributed by atoms with Crippen molar-refractivity contribution in [2.75, 3.05) is 7.11 Å². The summed E-state index contributed by atoms with van der Waals surface area (Å²) in [5, 5.41) is 1.14. The van der Waals surface area contributed by atoms with Crippen molar-refractivity contribution in [3.05, 3.63) is 71.4 Å². The largest absolute Gasteiger partial charge is 0.497 e. The maximum atomic E-state index is 5.26. The number of rotatable bonds is 5. The lowest BCUT2D eigenvalue weighted by atomic mass is 10.0. The zero-order chi connectivity index (χ0) is 17.5. The molecule has 126 valence electrons. The molecule has 0 atom stereocenters. The van der Waals surface area contributed by atoms with E-state index in [1.165, 1.54) is 11.1 Å². The monoisotopic (exact) mass is 329 g/mol. The van der Waals surface area contributed by atoms with E-state index in [4.69, 9.17) is 4.74 Å². The Bertz CT molecular complexity index is 918. The third kappa shape index (κ3) is 4.39. The molecule has 0 aliphatic rings. The first-order chi connectivity index (χ1) is 12.3. The average Bonchev–Trinajstić information content (AvgIpc) is 2.66. The van der Waals surface area contributed by atoms with Crippen LogP contribution in [0.5, 0.6) is 5.75 Å². The number of hydrogen-bond donors (Lipinski definition) is 0. The fourth-order valence-electron chi connectivity index (χ4n) is 2.95. The second-order valence-electron chi connectivity index (χ2n) is 6.19. The molecule has 0 N–H and O–H groups in total. The van der Waals surface area contributed by atoms with Gasteiger partial charge in [-0.25, -0.2) is 0 Å². The number of hydrogen-bond acceptors (Lipinski definition) is 2. The van der Waals surface area contributed by atoms with Crippen molar-refractivity contribution < 1.29 is 4.74 Å². The number of aromatic nitrogens is 1. The molecule has 0 unspecified atom stereocenters. The van der Waals surface area contributed by atoms with Crippen LogP contribution in [0.3, 0.4) is 0 Å². The maximum Gasteiger partial charge on any atom is 0.119 e. The molecule has 1 heterocycles. The minimum Gasteiger partial charge on any atom is -0.497 e. The number of unbranched alkanes of at least 4 members (excludes halogenated alkanes) is 2. The number of methoxy groups -OCH3 is 1. The Kier molecular flexibility index (Phi) is 5.69. The molecule has 2 heteroatoms. The highest BCUT2D eigenvalue weighted by Gasteiger charge is 2.01. The molecule has 0 fully saturated rings. The van der Waals surface area contributed by atoms with Crippen molar-refractivity contribution in [2.24, 2.45) is 0 Å². The highest BCUT2D eigenvalue weighted by Crippen LogP contribution is 2.19. The molecule has 0 aliphatic heterocycles. The van der Waals surface area contributed by atoms with Gasteiger partial charge in [0.2, 0.25) is 0 Å². The predicted octanol–water partition coefficient (Wildman–Crippen LogP) is 5.32. The number of aryl methyl sites for hydroxylation is 2. The number of pyridine rings is 1. The van der Waals surface area contributed by atoms with Crippen molar-refractivity contribution in [3.63, 3.8) is 0 Å². The van der Waals surface area contributed by atoms with Gasteiger partial charge in [0.15, 0.2) is 0 Å². The molecule has 0 radical (unpaired) electrons. The molecular weight excluding hydrogens is 306 g/mol. The number of benzene rings is 2. The van der Waals surface area contributed by atoms with Gasteiger partial charge in [-0.15, -0.1) is 0 Å². The Hall–Kier alpha value is -2.79. The molecule has 3 rings (SSSR count). The van der Waals surface area contributed by atoms with Crippen LogP contribution < -0.4 is 4.74 Å². The first-order valence-corrected chi connectivity index (χ1v) is 8.74. The quantitative estimate of drug-likeness (QED) is 0.467. The van der Waals surface area contributed by atoms with Gasteiger partial charge in [-0.2, -0.15) is 0 Å². The van der Waals surface area contributed by atoms with Crippen LogP contribution in [0.15, 0.2) is 54.7 Å². The van der Waals surface area contributed by atoms with Crippen LogP contribution in [0.2, 0.25) is 0 Å². The van der Waals surface area contributed by atoms with E-state index in [0.29, 0.717) is 0 Å². The summed E-state index contributed by atoms with van der Waals surface area (Å²) < 4.78 is 5.26. The Morgan fingerprint density at radius 3 is 2.84 bits per heavy atom. The van der Waals surface area contributed by atoms with E-state index in [9.17, 15) is 0 Å². The molecule has 3 aromatic rings. The van der Waals surface area contributed by atoms with Crippen LogP contribution in [-0.2, 0) is 6.42 Å². The van der Waals surface area contributed by atoms with Crippen LogP contribution in [0.4, 0.5) is 0 Å². The molecule has 2 aromatic carbocycles. The maximum absolute atomic E-state index is 5.26. The van der Waals surface area contributed by atoms with Gasteiger partial charge in [-0.3, -0.25) is 4.98 Å². The van der Waals surface area contributed by atoms with Crippen LogP contribution in [0, 0.1) is 18.8 Å². The lowest BCUT2D eigenvalue weighted by Gasteiger charge is -2.03. The average molecular weight is 329 g/mol. The fraction of sp³-hybridized carbons (Fsp3) is 0.261. The fourth-order valence-corrected chi connectivity index (χ4v) is 2.95. The van der Waals surface area contributed by atoms with Crippen molar-refractivity contribution in [2.45, 2.75) is 32.6 Å². The van der Waals surface area contributed by atoms with Crippen molar-refractivity contribution >= 4 is 10.9 Å². The summed E-state index contributed by atoms with van der Waals surface area (Å²) in [6, 6.07) is 16.6. The van der Waals surface area contributed by atoms with Crippen LogP contribution >= 0.6 is 0 Å². The smallest absolute Gasteiger partial charge is 0.119 e. The second kappa shape index (κ2) is 8.35. The second-order valence-corrected chi connectivity index (χ2v) is 6.19. The summed E-state index contributed by atoms with van der Waals surface area (Å²) in [6.45, 7) is 2.09. The van der Waals surface area contributed by atoms with Gasteiger partial charge in [0, 0.05) is 23.6 Å². The third-order valence-electron chi connectivity index (χ3n) is 4.35. The highest BCUT2D eigenvalue weighted by molar-refractivity contribution is 5.87. The van der Waals surface area contributed by atoms with Gasteiger partial charge in [0.1, 0.15) is 5.75 Å². The van der Waals surface area contributed by atoms with Crippen molar-refractivity contribution in [1.82, 2.24) is 4.98 Å². The van der Waals surface area contributed by atoms with Gasteiger partial charge in [0.05, 0.1) is 12.6 Å². The lowest BCUT2D eigenvalue weighted by molar-refractivity contribution is 0.414. The zero-order valence-corrected chi connectivity index (χ0v) is 14.9. The van der Waals surface area contributed by atoms with E-state index >= 15 is 0 Å². The molecule has 0 saturated carbocycles. The highest BCUT2D eigenvalue weighted by atomic mass is 16.5. The SMILES string of the molecule is COc1cccc(CCCCC#Cc2ccc(C)c3ncccc23)c1. The summed E-state index contributed by atoms with van der Waals surface area (Å²) in [5.74, 6) is 7.57. The molecule has 0 saturated heterocycles. The summed E-state index contributed by atoms with van der Waals surface area (Å²) in [6.07, 6.45) is 6.06. The zero-order valence-electron chi connectivity index (χ0n) is 14.9.